The molecule has 0 heterocycles. The molecule has 26 heavy (non-hydrogen) atoms. The topological polar surface area (TPSA) is 75.3 Å². The number of sulfone groups is 1. The molecule has 0 aliphatic heterocycles. The van der Waals surface area contributed by atoms with Gasteiger partial charge in [0.2, 0.25) is 0 Å². The van der Waals surface area contributed by atoms with Crippen LogP contribution in [0.2, 0.25) is 0 Å². The van der Waals surface area contributed by atoms with Gasteiger partial charge in [0, 0.05) is 12.2 Å². The molecule has 0 unspecified atom stereocenters. The van der Waals surface area contributed by atoms with Gasteiger partial charge in [-0.05, 0) is 49.6 Å². The van der Waals surface area contributed by atoms with Gasteiger partial charge in [-0.15, -0.1) is 0 Å². The van der Waals surface area contributed by atoms with Gasteiger partial charge in [0.15, 0.2) is 9.84 Å². The Labute approximate surface area is 153 Å². The van der Waals surface area contributed by atoms with Gasteiger partial charge < -0.3 is 10.6 Å². The van der Waals surface area contributed by atoms with Crippen LogP contribution in [0.4, 0.5) is 14.9 Å². The maximum atomic E-state index is 13.5. The maximum Gasteiger partial charge on any atom is 0.319 e. The molecule has 2 rings (SSSR count). The van der Waals surface area contributed by atoms with Crippen LogP contribution in [0.3, 0.4) is 0 Å². The number of anilines is 1. The van der Waals surface area contributed by atoms with Crippen molar-refractivity contribution in [1.82, 2.24) is 5.32 Å². The molecule has 0 aliphatic rings. The second kappa shape index (κ2) is 8.80. The summed E-state index contributed by atoms with van der Waals surface area (Å²) in [6.07, 6.45) is 0.395. The Hall–Kier alpha value is -2.41. The van der Waals surface area contributed by atoms with Crippen LogP contribution in [-0.4, -0.2) is 26.2 Å². The van der Waals surface area contributed by atoms with E-state index in [9.17, 15) is 17.6 Å². The number of nitrogens with one attached hydrogen (secondary N) is 2. The van der Waals surface area contributed by atoms with Gasteiger partial charge in [0.05, 0.1) is 11.0 Å². The molecule has 2 aromatic rings. The Morgan fingerprint density at radius 3 is 2.35 bits per heavy atom. The lowest BCUT2D eigenvalue weighted by Gasteiger charge is -2.10. The molecule has 5 nitrogen and oxygen atoms in total. The highest BCUT2D eigenvalue weighted by Crippen LogP contribution is 2.14. The summed E-state index contributed by atoms with van der Waals surface area (Å²) < 4.78 is 37.3. The summed E-state index contributed by atoms with van der Waals surface area (Å²) in [4.78, 5) is 11.9. The molecule has 2 N–H and O–H groups in total. The van der Waals surface area contributed by atoms with Crippen LogP contribution in [0.5, 0.6) is 0 Å². The van der Waals surface area contributed by atoms with Crippen LogP contribution in [0.25, 0.3) is 0 Å². The molecule has 0 saturated carbocycles. The van der Waals surface area contributed by atoms with Gasteiger partial charge in [-0.25, -0.2) is 17.6 Å². The van der Waals surface area contributed by atoms with E-state index < -0.39 is 21.1 Å². The Kier molecular flexibility index (Phi) is 6.74. The standard InChI is InChI=1S/C19H23FN2O3S/c1-14(2)26(24,25)13-15-7-9-17(10-8-15)22-19(23)21-12-11-16-5-3-4-6-18(16)20/h3-10,14H,11-13H2,1-2H3,(H2,21,22,23). The van der Waals surface area contributed by atoms with E-state index in [0.29, 0.717) is 29.8 Å². The molecule has 7 heteroatoms. The average Bonchev–Trinajstić information content (AvgIpc) is 2.58. The van der Waals surface area contributed by atoms with Crippen LogP contribution < -0.4 is 10.6 Å². The van der Waals surface area contributed by atoms with Gasteiger partial charge in [0.1, 0.15) is 5.82 Å². The maximum absolute atomic E-state index is 13.5. The summed E-state index contributed by atoms with van der Waals surface area (Å²) in [6.45, 7) is 3.60. The van der Waals surface area contributed by atoms with Crippen LogP contribution in [0.1, 0.15) is 25.0 Å². The fraction of sp³-hybridized carbons (Fsp3) is 0.316. The van der Waals surface area contributed by atoms with E-state index in [1.807, 2.05) is 0 Å². The predicted molar refractivity (Wildman–Crippen MR) is 101 cm³/mol. The first kappa shape index (κ1) is 19.9. The van der Waals surface area contributed by atoms with Crippen molar-refractivity contribution >= 4 is 21.6 Å². The summed E-state index contributed by atoms with van der Waals surface area (Å²) in [6, 6.07) is 12.7. The van der Waals surface area contributed by atoms with Gasteiger partial charge in [-0.2, -0.15) is 0 Å². The Bertz CT molecular complexity index is 849. The smallest absolute Gasteiger partial charge is 0.319 e. The minimum Gasteiger partial charge on any atom is -0.338 e. The first-order valence-corrected chi connectivity index (χ1v) is 10.1. The van der Waals surface area contributed by atoms with Gasteiger partial charge >= 0.3 is 6.03 Å². The number of rotatable bonds is 7. The zero-order chi connectivity index (χ0) is 19.2. The van der Waals surface area contributed by atoms with Crippen LogP contribution in [0, 0.1) is 5.82 Å². The normalized spacial score (nSPS) is 11.4. The van der Waals surface area contributed by atoms with Crippen molar-refractivity contribution in [2.24, 2.45) is 0 Å². The van der Waals surface area contributed by atoms with Crippen molar-refractivity contribution < 1.29 is 17.6 Å². The first-order chi connectivity index (χ1) is 12.3. The largest absolute Gasteiger partial charge is 0.338 e. The van der Waals surface area contributed by atoms with Crippen molar-refractivity contribution in [2.45, 2.75) is 31.3 Å². The molecule has 0 fully saturated rings. The average molecular weight is 378 g/mol. The number of carbonyl (C=O) groups is 1. The van der Waals surface area contributed by atoms with Crippen LogP contribution in [-0.2, 0) is 22.0 Å². The second-order valence-electron chi connectivity index (χ2n) is 6.28. The zero-order valence-electron chi connectivity index (χ0n) is 14.8. The molecule has 0 aliphatic carbocycles. The third kappa shape index (κ3) is 5.84. The fourth-order valence-electron chi connectivity index (χ4n) is 2.27. The Balaban J connectivity index is 1.83. The van der Waals surface area contributed by atoms with E-state index in [1.165, 1.54) is 6.07 Å². The van der Waals surface area contributed by atoms with Gasteiger partial charge in [0.25, 0.3) is 0 Å². The molecule has 2 aromatic carbocycles. The van der Waals surface area contributed by atoms with Crippen LogP contribution in [0.15, 0.2) is 48.5 Å². The summed E-state index contributed by atoms with van der Waals surface area (Å²) in [5, 5.41) is 4.89. The SMILES string of the molecule is CC(C)S(=O)(=O)Cc1ccc(NC(=O)NCCc2ccccc2F)cc1. The number of carbonyl (C=O) groups excluding carboxylic acids is 1. The van der Waals surface area contributed by atoms with E-state index in [4.69, 9.17) is 0 Å². The third-order valence-electron chi connectivity index (χ3n) is 3.94. The van der Waals surface area contributed by atoms with Crippen molar-refractivity contribution in [3.8, 4) is 0 Å². The number of urea groups is 1. The fourth-order valence-corrected chi connectivity index (χ4v) is 3.26. The summed E-state index contributed by atoms with van der Waals surface area (Å²) in [7, 11) is -3.16. The Morgan fingerprint density at radius 2 is 1.73 bits per heavy atom. The minimum absolute atomic E-state index is 0.0280. The summed E-state index contributed by atoms with van der Waals surface area (Å²) in [5.41, 5.74) is 1.77. The molecule has 0 radical (unpaired) electrons. The van der Waals surface area contributed by atoms with E-state index in [-0.39, 0.29) is 11.6 Å². The number of hydrogen-bond acceptors (Lipinski definition) is 3. The molecule has 0 saturated heterocycles. The van der Waals surface area contributed by atoms with Crippen molar-refractivity contribution in [3.63, 3.8) is 0 Å². The number of benzene rings is 2. The van der Waals surface area contributed by atoms with Gasteiger partial charge in [-0.1, -0.05) is 30.3 Å². The lowest BCUT2D eigenvalue weighted by atomic mass is 10.1. The van der Waals surface area contributed by atoms with Crippen LogP contribution >= 0.6 is 0 Å². The lowest BCUT2D eigenvalue weighted by molar-refractivity contribution is 0.252. The highest BCUT2D eigenvalue weighted by molar-refractivity contribution is 7.91. The lowest BCUT2D eigenvalue weighted by Crippen LogP contribution is -2.30. The van der Waals surface area contributed by atoms with E-state index in [0.717, 1.165) is 0 Å². The number of hydrogen-bond donors (Lipinski definition) is 2. The van der Waals surface area contributed by atoms with Crippen molar-refractivity contribution in [1.29, 1.82) is 0 Å². The second-order valence-corrected chi connectivity index (χ2v) is 8.83. The van der Waals surface area contributed by atoms with Crippen molar-refractivity contribution in [2.75, 3.05) is 11.9 Å². The first-order valence-electron chi connectivity index (χ1n) is 8.36. The zero-order valence-corrected chi connectivity index (χ0v) is 15.6. The van der Waals surface area contributed by atoms with Gasteiger partial charge in [-0.3, -0.25) is 0 Å². The van der Waals surface area contributed by atoms with Crippen molar-refractivity contribution in [3.05, 3.63) is 65.5 Å². The Morgan fingerprint density at radius 1 is 1.08 bits per heavy atom. The van der Waals surface area contributed by atoms with E-state index >= 15 is 0 Å². The number of halogens is 1. The molecule has 2 amide bonds. The monoisotopic (exact) mass is 378 g/mol. The van der Waals surface area contributed by atoms with E-state index in [2.05, 4.69) is 10.6 Å². The predicted octanol–water partition coefficient (Wildman–Crippen LogP) is 3.51. The molecule has 0 spiro atoms. The van der Waals surface area contributed by atoms with E-state index in [1.54, 1.807) is 56.3 Å². The highest BCUT2D eigenvalue weighted by atomic mass is 32.2. The number of amides is 2. The summed E-state index contributed by atoms with van der Waals surface area (Å²) >= 11 is 0. The summed E-state index contributed by atoms with van der Waals surface area (Å²) in [5.74, 6) is -0.318. The molecule has 140 valence electrons. The molecular weight excluding hydrogens is 355 g/mol. The minimum atomic E-state index is -3.16. The molecular formula is C19H23FN2O3S. The molecule has 0 aromatic heterocycles. The molecule has 0 bridgehead atoms. The molecule has 0 atom stereocenters. The quantitative estimate of drug-likeness (QED) is 0.774. The highest BCUT2D eigenvalue weighted by Gasteiger charge is 2.16. The third-order valence-corrected chi connectivity index (χ3v) is 6.11.